The maximum Gasteiger partial charge on any atom is 0.240 e. The lowest BCUT2D eigenvalue weighted by atomic mass is 10.1. The van der Waals surface area contributed by atoms with Crippen LogP contribution in [0.2, 0.25) is 0 Å². The van der Waals surface area contributed by atoms with E-state index < -0.39 is 0 Å². The first-order valence-electron chi connectivity index (χ1n) is 9.75. The smallest absolute Gasteiger partial charge is 0.240 e. The van der Waals surface area contributed by atoms with Crippen LogP contribution in [0.1, 0.15) is 70.3 Å². The third kappa shape index (κ3) is 6.51. The van der Waals surface area contributed by atoms with Crippen molar-refractivity contribution in [2.75, 3.05) is 0 Å². The van der Waals surface area contributed by atoms with Gasteiger partial charge in [-0.2, -0.15) is 5.10 Å². The van der Waals surface area contributed by atoms with Crippen LogP contribution in [-0.2, 0) is 4.79 Å². The molecule has 0 bridgehead atoms. The molecule has 4 nitrogen and oxygen atoms in total. The average Bonchev–Trinajstić information content (AvgIpc) is 2.66. The van der Waals surface area contributed by atoms with E-state index in [0.29, 0.717) is 12.0 Å². The van der Waals surface area contributed by atoms with Gasteiger partial charge in [-0.15, -0.1) is 0 Å². The van der Waals surface area contributed by atoms with Crippen LogP contribution < -0.4 is 5.43 Å². The zero-order valence-electron chi connectivity index (χ0n) is 15.7. The van der Waals surface area contributed by atoms with Gasteiger partial charge in [-0.3, -0.25) is 4.79 Å². The van der Waals surface area contributed by atoms with Crippen molar-refractivity contribution in [3.63, 3.8) is 0 Å². The molecule has 2 rings (SSSR count). The van der Waals surface area contributed by atoms with Crippen molar-refractivity contribution < 1.29 is 9.90 Å². The fourth-order valence-electron chi connectivity index (χ4n) is 3.03. The standard InChI is InChI=1S/C22H30N2O2/c1-2-3-4-5-6-7-8-9-14-21(25)24-23-17-19-16-15-18-12-10-11-13-20(18)22(19)26/h10-13,15-17,26H,2-9,14H2,1H3,(H,24,25)/b23-17+. The number of hydrogen-bond acceptors (Lipinski definition) is 3. The molecule has 0 aliphatic carbocycles. The van der Waals surface area contributed by atoms with Crippen LogP contribution in [0.5, 0.6) is 5.75 Å². The molecule has 0 spiro atoms. The van der Waals surface area contributed by atoms with Crippen LogP contribution in [0.3, 0.4) is 0 Å². The molecule has 0 aromatic heterocycles. The van der Waals surface area contributed by atoms with E-state index in [0.717, 1.165) is 23.6 Å². The highest BCUT2D eigenvalue weighted by Crippen LogP contribution is 2.27. The maximum atomic E-state index is 11.8. The third-order valence-corrected chi connectivity index (χ3v) is 4.58. The first-order chi connectivity index (χ1) is 12.7. The molecule has 2 aromatic carbocycles. The van der Waals surface area contributed by atoms with Crippen LogP contribution in [0.15, 0.2) is 41.5 Å². The molecular weight excluding hydrogens is 324 g/mol. The predicted molar refractivity (Wildman–Crippen MR) is 109 cm³/mol. The Bertz CT molecular complexity index is 725. The number of aromatic hydroxyl groups is 1. The van der Waals surface area contributed by atoms with Crippen LogP contribution in [-0.4, -0.2) is 17.2 Å². The van der Waals surface area contributed by atoms with Crippen molar-refractivity contribution in [1.82, 2.24) is 5.43 Å². The Kier molecular flexibility index (Phi) is 8.67. The molecule has 0 fully saturated rings. The molecule has 0 atom stereocenters. The van der Waals surface area contributed by atoms with Crippen LogP contribution in [0, 0.1) is 0 Å². The Labute approximate surface area is 156 Å². The summed E-state index contributed by atoms with van der Waals surface area (Å²) < 4.78 is 0. The Morgan fingerprint density at radius 3 is 2.46 bits per heavy atom. The molecule has 0 unspecified atom stereocenters. The van der Waals surface area contributed by atoms with Gasteiger partial charge in [0.15, 0.2) is 0 Å². The van der Waals surface area contributed by atoms with E-state index in [1.165, 1.54) is 44.7 Å². The minimum Gasteiger partial charge on any atom is -0.507 e. The molecule has 0 heterocycles. The normalized spacial score (nSPS) is 11.3. The highest BCUT2D eigenvalue weighted by atomic mass is 16.3. The van der Waals surface area contributed by atoms with Gasteiger partial charge in [0, 0.05) is 17.4 Å². The number of carbonyl (C=O) groups excluding carboxylic acids is 1. The second-order valence-corrected chi connectivity index (χ2v) is 6.74. The number of rotatable bonds is 11. The number of hydrogen-bond donors (Lipinski definition) is 2. The highest BCUT2D eigenvalue weighted by Gasteiger charge is 2.04. The van der Waals surface area contributed by atoms with E-state index in [2.05, 4.69) is 17.5 Å². The van der Waals surface area contributed by atoms with Gasteiger partial charge in [0.05, 0.1) is 6.21 Å². The number of amides is 1. The lowest BCUT2D eigenvalue weighted by Gasteiger charge is -2.04. The van der Waals surface area contributed by atoms with Crippen LogP contribution in [0.25, 0.3) is 10.8 Å². The SMILES string of the molecule is CCCCCCCCCCC(=O)N/N=C/c1ccc2ccccc2c1O. The zero-order chi connectivity index (χ0) is 18.6. The molecule has 1 amide bonds. The number of nitrogens with zero attached hydrogens (tertiary/aromatic N) is 1. The lowest BCUT2D eigenvalue weighted by molar-refractivity contribution is -0.121. The van der Waals surface area contributed by atoms with Gasteiger partial charge in [-0.1, -0.05) is 82.2 Å². The van der Waals surface area contributed by atoms with Crippen molar-refractivity contribution in [3.05, 3.63) is 42.0 Å². The van der Waals surface area contributed by atoms with Gasteiger partial charge in [0.2, 0.25) is 5.91 Å². The number of unbranched alkanes of at least 4 members (excludes halogenated alkanes) is 7. The van der Waals surface area contributed by atoms with E-state index in [-0.39, 0.29) is 11.7 Å². The Hall–Kier alpha value is -2.36. The van der Waals surface area contributed by atoms with E-state index >= 15 is 0 Å². The highest BCUT2D eigenvalue weighted by molar-refractivity contribution is 5.97. The molecular formula is C22H30N2O2. The van der Waals surface area contributed by atoms with E-state index in [1.807, 2.05) is 30.3 Å². The average molecular weight is 354 g/mol. The molecule has 0 aliphatic rings. The molecule has 2 aromatic rings. The van der Waals surface area contributed by atoms with Crippen molar-refractivity contribution in [2.24, 2.45) is 5.10 Å². The Morgan fingerprint density at radius 2 is 1.69 bits per heavy atom. The summed E-state index contributed by atoms with van der Waals surface area (Å²) in [6.07, 6.45) is 11.7. The minimum absolute atomic E-state index is 0.0764. The number of phenolic OH excluding ortho intramolecular Hbond substituents is 1. The zero-order valence-corrected chi connectivity index (χ0v) is 15.7. The summed E-state index contributed by atoms with van der Waals surface area (Å²) in [5, 5.41) is 16.0. The van der Waals surface area contributed by atoms with Crippen molar-refractivity contribution in [3.8, 4) is 5.75 Å². The Morgan fingerprint density at radius 1 is 1.00 bits per heavy atom. The van der Waals surface area contributed by atoms with Crippen molar-refractivity contribution >= 4 is 22.9 Å². The quantitative estimate of drug-likeness (QED) is 0.317. The second-order valence-electron chi connectivity index (χ2n) is 6.74. The second kappa shape index (κ2) is 11.3. The first kappa shape index (κ1) is 20.0. The van der Waals surface area contributed by atoms with Gasteiger partial charge >= 0.3 is 0 Å². The summed E-state index contributed by atoms with van der Waals surface area (Å²) in [5.41, 5.74) is 3.14. The maximum absolute atomic E-state index is 11.8. The topological polar surface area (TPSA) is 61.7 Å². The minimum atomic E-state index is -0.0764. The molecule has 4 heteroatoms. The number of nitrogens with one attached hydrogen (secondary N) is 1. The summed E-state index contributed by atoms with van der Waals surface area (Å²) in [6.45, 7) is 2.22. The number of carbonyl (C=O) groups is 1. The molecule has 0 aliphatic heterocycles. The predicted octanol–water partition coefficient (Wildman–Crippen LogP) is 5.53. The van der Waals surface area contributed by atoms with E-state index in [4.69, 9.17) is 0 Å². The largest absolute Gasteiger partial charge is 0.507 e. The third-order valence-electron chi connectivity index (χ3n) is 4.58. The monoisotopic (exact) mass is 354 g/mol. The fourth-order valence-corrected chi connectivity index (χ4v) is 3.03. The van der Waals surface area contributed by atoms with Crippen molar-refractivity contribution in [2.45, 2.75) is 64.7 Å². The van der Waals surface area contributed by atoms with Gasteiger partial charge < -0.3 is 5.11 Å². The summed E-state index contributed by atoms with van der Waals surface area (Å²) in [7, 11) is 0. The van der Waals surface area contributed by atoms with Crippen LogP contribution >= 0.6 is 0 Å². The molecule has 0 saturated carbocycles. The number of phenols is 1. The summed E-state index contributed by atoms with van der Waals surface area (Å²) in [4.78, 5) is 11.8. The number of hydrazone groups is 1. The van der Waals surface area contributed by atoms with Gasteiger partial charge in [-0.05, 0) is 17.9 Å². The molecule has 140 valence electrons. The lowest BCUT2D eigenvalue weighted by Crippen LogP contribution is -2.16. The number of fused-ring (bicyclic) bond motifs is 1. The summed E-state index contributed by atoms with van der Waals surface area (Å²) >= 11 is 0. The molecule has 0 radical (unpaired) electrons. The van der Waals surface area contributed by atoms with E-state index in [9.17, 15) is 9.90 Å². The van der Waals surface area contributed by atoms with Crippen LogP contribution in [0.4, 0.5) is 0 Å². The fraction of sp³-hybridized carbons (Fsp3) is 0.455. The Balaban J connectivity index is 1.68. The van der Waals surface area contributed by atoms with Gasteiger partial charge in [0.1, 0.15) is 5.75 Å². The summed E-state index contributed by atoms with van der Waals surface area (Å²) in [5.74, 6) is 0.108. The van der Waals surface area contributed by atoms with E-state index in [1.54, 1.807) is 6.07 Å². The first-order valence-corrected chi connectivity index (χ1v) is 9.75. The van der Waals surface area contributed by atoms with Gasteiger partial charge in [-0.25, -0.2) is 5.43 Å². The van der Waals surface area contributed by atoms with Crippen molar-refractivity contribution in [1.29, 1.82) is 0 Å². The molecule has 2 N–H and O–H groups in total. The number of benzene rings is 2. The van der Waals surface area contributed by atoms with Gasteiger partial charge in [0.25, 0.3) is 0 Å². The molecule has 26 heavy (non-hydrogen) atoms. The molecule has 0 saturated heterocycles. The summed E-state index contributed by atoms with van der Waals surface area (Å²) in [6, 6.07) is 11.4.